The fraction of sp³-hybridized carbons (Fsp3) is 0.0588. The summed E-state index contributed by atoms with van der Waals surface area (Å²) in [5.41, 5.74) is 5.72. The van der Waals surface area contributed by atoms with E-state index in [1.807, 2.05) is 11.3 Å². The lowest BCUT2D eigenvalue weighted by Crippen LogP contribution is -1.97. The van der Waals surface area contributed by atoms with Crippen molar-refractivity contribution >= 4 is 11.3 Å². The summed E-state index contributed by atoms with van der Waals surface area (Å²) in [6.45, 7) is 0. The Balaban J connectivity index is 2.00. The molecule has 0 aliphatic heterocycles. The van der Waals surface area contributed by atoms with E-state index in [1.165, 1.54) is 27.1 Å². The molecule has 18 heavy (non-hydrogen) atoms. The molecule has 0 nitrogen and oxygen atoms in total. The van der Waals surface area contributed by atoms with E-state index in [-0.39, 0.29) is 0 Å². The molecule has 86 valence electrons. The minimum Gasteiger partial charge on any atom is -0.143 e. The fourth-order valence-corrected chi connectivity index (χ4v) is 3.88. The van der Waals surface area contributed by atoms with Gasteiger partial charge in [-0.25, -0.2) is 0 Å². The van der Waals surface area contributed by atoms with Gasteiger partial charge in [-0.1, -0.05) is 54.6 Å². The maximum Gasteiger partial charge on any atom is 0.0387 e. The first-order chi connectivity index (χ1) is 8.95. The average molecular weight is 248 g/mol. The molecule has 3 aromatic rings. The van der Waals surface area contributed by atoms with Gasteiger partial charge in [0, 0.05) is 10.8 Å². The molecule has 1 aromatic heterocycles. The van der Waals surface area contributed by atoms with Gasteiger partial charge in [-0.05, 0) is 33.7 Å². The predicted octanol–water partition coefficient (Wildman–Crippen LogP) is 4.91. The number of fused-ring (bicyclic) bond motifs is 3. The molecule has 1 heteroatoms. The van der Waals surface area contributed by atoms with Crippen molar-refractivity contribution in [1.29, 1.82) is 0 Å². The normalized spacial score (nSPS) is 16.3. The number of hydrogen-bond donors (Lipinski definition) is 0. The third kappa shape index (κ3) is 1.31. The van der Waals surface area contributed by atoms with Crippen molar-refractivity contribution < 1.29 is 0 Å². The summed E-state index contributed by atoms with van der Waals surface area (Å²) in [5.74, 6) is 0.420. The highest BCUT2D eigenvalue weighted by atomic mass is 32.1. The monoisotopic (exact) mass is 248 g/mol. The molecule has 0 amide bonds. The first-order valence-electron chi connectivity index (χ1n) is 6.17. The zero-order valence-corrected chi connectivity index (χ0v) is 10.7. The summed E-state index contributed by atoms with van der Waals surface area (Å²) < 4.78 is 0. The van der Waals surface area contributed by atoms with Crippen molar-refractivity contribution in [2.75, 3.05) is 0 Å². The Labute approximate surface area is 111 Å². The van der Waals surface area contributed by atoms with Crippen LogP contribution in [-0.4, -0.2) is 0 Å². The van der Waals surface area contributed by atoms with Gasteiger partial charge in [-0.2, -0.15) is 0 Å². The highest BCUT2D eigenvalue weighted by Gasteiger charge is 2.30. The molecule has 0 N–H and O–H groups in total. The Bertz CT molecular complexity index is 694. The van der Waals surface area contributed by atoms with Crippen LogP contribution in [0, 0.1) is 0 Å². The molecule has 0 radical (unpaired) electrons. The van der Waals surface area contributed by atoms with Crippen LogP contribution in [0.25, 0.3) is 10.4 Å². The Kier molecular flexibility index (Phi) is 2.14. The molecule has 0 spiro atoms. The molecule has 4 rings (SSSR count). The smallest absolute Gasteiger partial charge is 0.0387 e. The van der Waals surface area contributed by atoms with Crippen LogP contribution in [0.3, 0.4) is 0 Å². The molecule has 2 aromatic carbocycles. The zero-order chi connectivity index (χ0) is 11.9. The van der Waals surface area contributed by atoms with E-state index in [9.17, 15) is 0 Å². The van der Waals surface area contributed by atoms with Crippen molar-refractivity contribution in [2.24, 2.45) is 0 Å². The van der Waals surface area contributed by atoms with Crippen LogP contribution in [0.2, 0.25) is 0 Å². The summed E-state index contributed by atoms with van der Waals surface area (Å²) in [4.78, 5) is 1.44. The van der Waals surface area contributed by atoms with Crippen LogP contribution in [0.1, 0.15) is 22.6 Å². The average Bonchev–Trinajstić information content (AvgIpc) is 2.99. The molecular weight excluding hydrogens is 236 g/mol. The van der Waals surface area contributed by atoms with Gasteiger partial charge in [0.25, 0.3) is 0 Å². The van der Waals surface area contributed by atoms with E-state index < -0.39 is 0 Å². The number of hydrogen-bond acceptors (Lipinski definition) is 1. The molecule has 0 saturated carbocycles. The van der Waals surface area contributed by atoms with Gasteiger partial charge in [-0.3, -0.25) is 0 Å². The van der Waals surface area contributed by atoms with Crippen LogP contribution in [0.4, 0.5) is 0 Å². The molecule has 0 fully saturated rings. The van der Waals surface area contributed by atoms with Gasteiger partial charge in [0.2, 0.25) is 0 Å². The lowest BCUT2D eigenvalue weighted by molar-refractivity contribution is 1.02. The Morgan fingerprint density at radius 2 is 1.50 bits per heavy atom. The summed E-state index contributed by atoms with van der Waals surface area (Å²) in [7, 11) is 0. The van der Waals surface area contributed by atoms with E-state index in [0.29, 0.717) is 5.92 Å². The molecule has 1 unspecified atom stereocenters. The molecule has 1 aliphatic carbocycles. The third-order valence-electron chi connectivity index (χ3n) is 3.66. The number of rotatable bonds is 1. The molecule has 0 bridgehead atoms. The molecule has 1 heterocycles. The van der Waals surface area contributed by atoms with Crippen LogP contribution in [-0.2, 0) is 0 Å². The maximum absolute atomic E-state index is 2.28. The maximum atomic E-state index is 2.28. The van der Waals surface area contributed by atoms with Gasteiger partial charge in [-0.15, -0.1) is 11.3 Å². The summed E-state index contributed by atoms with van der Waals surface area (Å²) >= 11 is 1.85. The Hall–Kier alpha value is -1.86. The van der Waals surface area contributed by atoms with Gasteiger partial charge in [0.15, 0.2) is 0 Å². The van der Waals surface area contributed by atoms with Crippen LogP contribution >= 0.6 is 11.3 Å². The van der Waals surface area contributed by atoms with Crippen molar-refractivity contribution in [3.05, 3.63) is 82.7 Å². The molecule has 1 aliphatic rings. The second kappa shape index (κ2) is 3.82. The summed E-state index contributed by atoms with van der Waals surface area (Å²) in [5, 5.41) is 2.20. The first-order valence-corrected chi connectivity index (χ1v) is 7.05. The molecule has 0 saturated heterocycles. The van der Waals surface area contributed by atoms with Gasteiger partial charge >= 0.3 is 0 Å². The zero-order valence-electron chi connectivity index (χ0n) is 9.84. The Morgan fingerprint density at radius 3 is 2.39 bits per heavy atom. The summed E-state index contributed by atoms with van der Waals surface area (Å²) in [6, 6.07) is 21.9. The quantitative estimate of drug-likeness (QED) is 0.449. The molecule has 1 atom stereocenters. The minimum absolute atomic E-state index is 0.420. The van der Waals surface area contributed by atoms with E-state index >= 15 is 0 Å². The second-order valence-corrected chi connectivity index (χ2v) is 5.55. The lowest BCUT2D eigenvalue weighted by Gasteiger charge is -2.13. The van der Waals surface area contributed by atoms with E-state index in [2.05, 4.69) is 66.0 Å². The molecular formula is C17H12S. The number of thiophene rings is 1. The van der Waals surface area contributed by atoms with E-state index in [1.54, 1.807) is 0 Å². The fourth-order valence-electron chi connectivity index (χ4n) is 2.89. The highest BCUT2D eigenvalue weighted by Crippen LogP contribution is 2.50. The third-order valence-corrected chi connectivity index (χ3v) is 4.62. The number of benzene rings is 2. The first kappa shape index (κ1) is 10.1. The lowest BCUT2D eigenvalue weighted by atomic mass is 9.90. The van der Waals surface area contributed by atoms with Gasteiger partial charge in [0.1, 0.15) is 0 Å². The van der Waals surface area contributed by atoms with Crippen molar-refractivity contribution in [2.45, 2.75) is 5.92 Å². The summed E-state index contributed by atoms with van der Waals surface area (Å²) in [6.07, 6.45) is 0. The SMILES string of the molecule is c1ccc(C2c3ccccc3-c3sccc32)cc1. The second-order valence-electron chi connectivity index (χ2n) is 4.64. The van der Waals surface area contributed by atoms with E-state index in [4.69, 9.17) is 0 Å². The largest absolute Gasteiger partial charge is 0.143 e. The highest BCUT2D eigenvalue weighted by molar-refractivity contribution is 7.13. The predicted molar refractivity (Wildman–Crippen MR) is 77.1 cm³/mol. The van der Waals surface area contributed by atoms with Crippen molar-refractivity contribution in [3.63, 3.8) is 0 Å². The van der Waals surface area contributed by atoms with Crippen molar-refractivity contribution in [1.82, 2.24) is 0 Å². The van der Waals surface area contributed by atoms with Gasteiger partial charge in [0.05, 0.1) is 0 Å². The topological polar surface area (TPSA) is 0 Å². The van der Waals surface area contributed by atoms with Crippen molar-refractivity contribution in [3.8, 4) is 10.4 Å². The standard InChI is InChI=1S/C17H12S/c1-2-6-12(7-3-1)16-13-8-4-5-9-14(13)17-15(16)10-11-18-17/h1-11,16H. The van der Waals surface area contributed by atoms with Crippen LogP contribution < -0.4 is 0 Å². The minimum atomic E-state index is 0.420. The van der Waals surface area contributed by atoms with E-state index in [0.717, 1.165) is 0 Å². The van der Waals surface area contributed by atoms with Crippen LogP contribution in [0.5, 0.6) is 0 Å². The van der Waals surface area contributed by atoms with Gasteiger partial charge < -0.3 is 0 Å². The Morgan fingerprint density at radius 1 is 0.722 bits per heavy atom. The van der Waals surface area contributed by atoms with Crippen LogP contribution in [0.15, 0.2) is 66.0 Å².